The Kier molecular flexibility index (Phi) is 4.57. The largest absolute Gasteiger partial charge is 0.317 e. The fourth-order valence-corrected chi connectivity index (χ4v) is 2.96. The predicted molar refractivity (Wildman–Crippen MR) is 88.8 cm³/mol. The highest BCUT2D eigenvalue weighted by molar-refractivity contribution is 5.25. The second-order valence-corrected chi connectivity index (χ2v) is 6.58. The van der Waals surface area contributed by atoms with Gasteiger partial charge in [0.2, 0.25) is 0 Å². The van der Waals surface area contributed by atoms with E-state index in [-0.39, 0.29) is 0 Å². The van der Waals surface area contributed by atoms with Gasteiger partial charge >= 0.3 is 0 Å². The van der Waals surface area contributed by atoms with E-state index in [1.54, 1.807) is 0 Å². The zero-order valence-corrected chi connectivity index (χ0v) is 13.9. The molecule has 1 saturated carbocycles. The van der Waals surface area contributed by atoms with Crippen LogP contribution in [0.5, 0.6) is 0 Å². The normalized spacial score (nSPS) is 14.7. The van der Waals surface area contributed by atoms with Crippen molar-refractivity contribution in [2.45, 2.75) is 45.1 Å². The van der Waals surface area contributed by atoms with Crippen molar-refractivity contribution < 1.29 is 0 Å². The first kappa shape index (κ1) is 15.2. The van der Waals surface area contributed by atoms with Crippen LogP contribution in [0.4, 0.5) is 0 Å². The second kappa shape index (κ2) is 6.61. The van der Waals surface area contributed by atoms with E-state index in [0.717, 1.165) is 25.3 Å². The van der Waals surface area contributed by atoms with E-state index in [1.807, 2.05) is 0 Å². The first-order valence-corrected chi connectivity index (χ1v) is 8.26. The number of aryl methyl sites for hydroxylation is 2. The SMILES string of the molecule is Cc1ccccc1CCCN(C)Cc1nnc(C2CC2)n1C. The molecule has 4 heteroatoms. The molecule has 1 fully saturated rings. The van der Waals surface area contributed by atoms with Crippen molar-refractivity contribution in [2.24, 2.45) is 7.05 Å². The molecule has 1 aliphatic rings. The highest BCUT2D eigenvalue weighted by Gasteiger charge is 2.29. The van der Waals surface area contributed by atoms with Crippen molar-refractivity contribution in [3.8, 4) is 0 Å². The quantitative estimate of drug-likeness (QED) is 0.788. The fraction of sp³-hybridized carbons (Fsp3) is 0.556. The first-order chi connectivity index (χ1) is 10.6. The molecule has 1 heterocycles. The Balaban J connectivity index is 1.48. The van der Waals surface area contributed by atoms with Crippen molar-refractivity contribution in [3.05, 3.63) is 47.0 Å². The molecule has 0 saturated heterocycles. The summed E-state index contributed by atoms with van der Waals surface area (Å²) in [6.07, 6.45) is 4.87. The summed E-state index contributed by atoms with van der Waals surface area (Å²) in [4.78, 5) is 2.35. The summed E-state index contributed by atoms with van der Waals surface area (Å²) >= 11 is 0. The Hall–Kier alpha value is -1.68. The summed E-state index contributed by atoms with van der Waals surface area (Å²) < 4.78 is 2.19. The van der Waals surface area contributed by atoms with Crippen LogP contribution in [-0.4, -0.2) is 33.3 Å². The van der Waals surface area contributed by atoms with Crippen LogP contribution >= 0.6 is 0 Å². The molecule has 2 aromatic rings. The molecule has 1 aromatic carbocycles. The molecule has 1 aromatic heterocycles. The third-order valence-corrected chi connectivity index (χ3v) is 4.60. The van der Waals surface area contributed by atoms with Crippen LogP contribution in [0.25, 0.3) is 0 Å². The summed E-state index contributed by atoms with van der Waals surface area (Å²) in [6.45, 7) is 4.15. The zero-order valence-electron chi connectivity index (χ0n) is 13.9. The van der Waals surface area contributed by atoms with Gasteiger partial charge in [0.1, 0.15) is 11.6 Å². The lowest BCUT2D eigenvalue weighted by atomic mass is 10.0. The van der Waals surface area contributed by atoms with Gasteiger partial charge in [-0.25, -0.2) is 0 Å². The molecule has 1 aliphatic carbocycles. The minimum atomic E-state index is 0.664. The summed E-state index contributed by atoms with van der Waals surface area (Å²) in [7, 11) is 4.27. The Morgan fingerprint density at radius 2 is 2.00 bits per heavy atom. The molecule has 22 heavy (non-hydrogen) atoms. The average Bonchev–Trinajstić information content (AvgIpc) is 3.27. The maximum atomic E-state index is 4.37. The molecule has 0 unspecified atom stereocenters. The van der Waals surface area contributed by atoms with Crippen LogP contribution < -0.4 is 0 Å². The standard InChI is InChI=1S/C18H26N4/c1-14-7-4-5-8-15(14)9-6-12-21(2)13-17-19-20-18(22(17)3)16-10-11-16/h4-5,7-8,16H,6,9-13H2,1-3H3. The van der Waals surface area contributed by atoms with Gasteiger partial charge < -0.3 is 4.57 Å². The van der Waals surface area contributed by atoms with Gasteiger partial charge in [-0.1, -0.05) is 24.3 Å². The summed E-state index contributed by atoms with van der Waals surface area (Å²) in [5.41, 5.74) is 2.86. The molecular weight excluding hydrogens is 272 g/mol. The minimum absolute atomic E-state index is 0.664. The maximum absolute atomic E-state index is 4.37. The predicted octanol–water partition coefficient (Wildman–Crippen LogP) is 3.07. The van der Waals surface area contributed by atoms with Crippen LogP contribution in [0, 0.1) is 6.92 Å². The van der Waals surface area contributed by atoms with Gasteiger partial charge in [0, 0.05) is 13.0 Å². The molecule has 0 atom stereocenters. The summed E-state index contributed by atoms with van der Waals surface area (Å²) in [6, 6.07) is 8.67. The monoisotopic (exact) mass is 298 g/mol. The smallest absolute Gasteiger partial charge is 0.146 e. The Bertz CT molecular complexity index is 628. The van der Waals surface area contributed by atoms with E-state index in [1.165, 1.54) is 36.2 Å². The third-order valence-electron chi connectivity index (χ3n) is 4.60. The van der Waals surface area contributed by atoms with Gasteiger partial charge in [-0.15, -0.1) is 10.2 Å². The second-order valence-electron chi connectivity index (χ2n) is 6.58. The van der Waals surface area contributed by atoms with Crippen LogP contribution in [0.1, 0.15) is 48.0 Å². The van der Waals surface area contributed by atoms with Gasteiger partial charge in [0.15, 0.2) is 0 Å². The number of hydrogen-bond acceptors (Lipinski definition) is 3. The highest BCUT2D eigenvalue weighted by atomic mass is 15.3. The molecule has 0 radical (unpaired) electrons. The number of aromatic nitrogens is 3. The minimum Gasteiger partial charge on any atom is -0.317 e. The van der Waals surface area contributed by atoms with Gasteiger partial charge in [-0.3, -0.25) is 4.90 Å². The van der Waals surface area contributed by atoms with Gasteiger partial charge in [-0.2, -0.15) is 0 Å². The number of nitrogens with zero attached hydrogens (tertiary/aromatic N) is 4. The molecule has 0 bridgehead atoms. The number of hydrogen-bond donors (Lipinski definition) is 0. The van der Waals surface area contributed by atoms with Crippen LogP contribution in [0.15, 0.2) is 24.3 Å². The van der Waals surface area contributed by atoms with E-state index in [0.29, 0.717) is 5.92 Å². The lowest BCUT2D eigenvalue weighted by Crippen LogP contribution is -2.22. The Labute approximate surface area is 133 Å². The van der Waals surface area contributed by atoms with Crippen LogP contribution in [0.2, 0.25) is 0 Å². The summed E-state index contributed by atoms with van der Waals surface area (Å²) in [5.74, 6) is 2.92. The molecular formula is C18H26N4. The first-order valence-electron chi connectivity index (χ1n) is 8.26. The molecule has 3 rings (SSSR count). The highest BCUT2D eigenvalue weighted by Crippen LogP contribution is 2.38. The van der Waals surface area contributed by atoms with Gasteiger partial charge in [0.05, 0.1) is 6.54 Å². The van der Waals surface area contributed by atoms with Gasteiger partial charge in [-0.05, 0) is 57.3 Å². The Morgan fingerprint density at radius 1 is 1.23 bits per heavy atom. The number of rotatable bonds is 7. The summed E-state index contributed by atoms with van der Waals surface area (Å²) in [5, 5.41) is 8.73. The van der Waals surface area contributed by atoms with E-state index in [9.17, 15) is 0 Å². The molecule has 118 valence electrons. The van der Waals surface area contributed by atoms with Crippen molar-refractivity contribution in [3.63, 3.8) is 0 Å². The third kappa shape index (κ3) is 3.55. The van der Waals surface area contributed by atoms with E-state index in [2.05, 4.69) is 64.9 Å². The molecule has 4 nitrogen and oxygen atoms in total. The Morgan fingerprint density at radius 3 is 2.73 bits per heavy atom. The maximum Gasteiger partial charge on any atom is 0.146 e. The van der Waals surface area contributed by atoms with E-state index in [4.69, 9.17) is 0 Å². The van der Waals surface area contributed by atoms with E-state index >= 15 is 0 Å². The lowest BCUT2D eigenvalue weighted by molar-refractivity contribution is 0.310. The van der Waals surface area contributed by atoms with Crippen LogP contribution in [0.3, 0.4) is 0 Å². The van der Waals surface area contributed by atoms with E-state index < -0.39 is 0 Å². The lowest BCUT2D eigenvalue weighted by Gasteiger charge is -2.16. The van der Waals surface area contributed by atoms with Gasteiger partial charge in [0.25, 0.3) is 0 Å². The van der Waals surface area contributed by atoms with Crippen molar-refractivity contribution in [1.82, 2.24) is 19.7 Å². The number of benzene rings is 1. The zero-order chi connectivity index (χ0) is 15.5. The average molecular weight is 298 g/mol. The van der Waals surface area contributed by atoms with Crippen molar-refractivity contribution in [2.75, 3.05) is 13.6 Å². The van der Waals surface area contributed by atoms with Crippen molar-refractivity contribution >= 4 is 0 Å². The van der Waals surface area contributed by atoms with Crippen LogP contribution in [-0.2, 0) is 20.0 Å². The molecule has 0 aliphatic heterocycles. The fourth-order valence-electron chi connectivity index (χ4n) is 2.96. The van der Waals surface area contributed by atoms with Crippen molar-refractivity contribution in [1.29, 1.82) is 0 Å². The topological polar surface area (TPSA) is 34.0 Å². The molecule has 0 N–H and O–H groups in total. The molecule has 0 amide bonds. The molecule has 0 spiro atoms.